The molecule has 3 N–H and O–H groups in total. The molecule has 0 aliphatic carbocycles. The van der Waals surface area contributed by atoms with Gasteiger partial charge in [-0.1, -0.05) is 6.07 Å². The summed E-state index contributed by atoms with van der Waals surface area (Å²) < 4.78 is 28.6. The molecule has 0 bridgehead atoms. The van der Waals surface area contributed by atoms with Crippen molar-refractivity contribution in [2.24, 2.45) is 5.73 Å². The highest BCUT2D eigenvalue weighted by atomic mass is 32.2. The predicted octanol–water partition coefficient (Wildman–Crippen LogP) is 0.995. The van der Waals surface area contributed by atoms with E-state index in [2.05, 4.69) is 0 Å². The van der Waals surface area contributed by atoms with E-state index in [0.717, 1.165) is 12.3 Å². The number of aliphatic hydroxyl groups excluding tert-OH is 1. The fourth-order valence-electron chi connectivity index (χ4n) is 1.56. The number of esters is 1. The molecule has 7 heteroatoms. The standard InChI is InChI=1S/C13H19NO5S/c1-13(2,3)19-12(16)8-5-6-9(11(14)15)10(7-8)20(4,17)18/h5-7,11,15H,14H2,1-4H3. The minimum absolute atomic E-state index is 0.0415. The summed E-state index contributed by atoms with van der Waals surface area (Å²) in [5.74, 6) is -0.638. The van der Waals surface area contributed by atoms with Gasteiger partial charge in [-0.15, -0.1) is 0 Å². The van der Waals surface area contributed by atoms with E-state index in [4.69, 9.17) is 10.5 Å². The maximum atomic E-state index is 11.9. The quantitative estimate of drug-likeness (QED) is 0.637. The molecular weight excluding hydrogens is 282 g/mol. The molecule has 0 saturated heterocycles. The largest absolute Gasteiger partial charge is 0.456 e. The van der Waals surface area contributed by atoms with Crippen LogP contribution < -0.4 is 5.73 Å². The predicted molar refractivity (Wildman–Crippen MR) is 73.9 cm³/mol. The van der Waals surface area contributed by atoms with Crippen molar-refractivity contribution in [2.75, 3.05) is 6.26 Å². The van der Waals surface area contributed by atoms with Gasteiger partial charge in [0.05, 0.1) is 10.5 Å². The van der Waals surface area contributed by atoms with Gasteiger partial charge in [-0.2, -0.15) is 0 Å². The lowest BCUT2D eigenvalue weighted by Crippen LogP contribution is -2.24. The third-order valence-corrected chi connectivity index (χ3v) is 3.52. The van der Waals surface area contributed by atoms with Gasteiger partial charge in [0.15, 0.2) is 9.84 Å². The SMILES string of the molecule is CC(C)(C)OC(=O)c1ccc(C(N)O)c(S(C)(=O)=O)c1. The van der Waals surface area contributed by atoms with E-state index < -0.39 is 27.6 Å². The van der Waals surface area contributed by atoms with Gasteiger partial charge in [-0.3, -0.25) is 0 Å². The molecule has 1 atom stereocenters. The van der Waals surface area contributed by atoms with Crippen LogP contribution in [0.25, 0.3) is 0 Å². The van der Waals surface area contributed by atoms with E-state index in [1.807, 2.05) is 0 Å². The fraction of sp³-hybridized carbons (Fsp3) is 0.462. The lowest BCUT2D eigenvalue weighted by Gasteiger charge is -2.20. The molecule has 1 rings (SSSR count). The van der Waals surface area contributed by atoms with E-state index in [9.17, 15) is 18.3 Å². The molecule has 0 spiro atoms. The Bertz CT molecular complexity index is 614. The Labute approximate surface area is 118 Å². The van der Waals surface area contributed by atoms with Crippen LogP contribution in [0.15, 0.2) is 23.1 Å². The number of carbonyl (C=O) groups is 1. The number of aliphatic hydroxyl groups is 1. The molecule has 0 heterocycles. The first-order valence-electron chi connectivity index (χ1n) is 5.93. The van der Waals surface area contributed by atoms with Crippen LogP contribution in [0.4, 0.5) is 0 Å². The Morgan fingerprint density at radius 3 is 2.30 bits per heavy atom. The van der Waals surface area contributed by atoms with E-state index in [0.29, 0.717) is 0 Å². The molecule has 0 amide bonds. The monoisotopic (exact) mass is 301 g/mol. The highest BCUT2D eigenvalue weighted by Gasteiger charge is 2.22. The molecule has 20 heavy (non-hydrogen) atoms. The Hall–Kier alpha value is -1.44. The van der Waals surface area contributed by atoms with Gasteiger partial charge >= 0.3 is 5.97 Å². The summed E-state index contributed by atoms with van der Waals surface area (Å²) in [5.41, 5.74) is 4.76. The van der Waals surface area contributed by atoms with E-state index >= 15 is 0 Å². The van der Waals surface area contributed by atoms with Gasteiger partial charge in [0.1, 0.15) is 11.8 Å². The first-order valence-corrected chi connectivity index (χ1v) is 7.82. The minimum atomic E-state index is -3.63. The number of rotatable bonds is 3. The topological polar surface area (TPSA) is 107 Å². The maximum Gasteiger partial charge on any atom is 0.338 e. The van der Waals surface area contributed by atoms with Gasteiger partial charge in [0.2, 0.25) is 0 Å². The number of hydrogen-bond acceptors (Lipinski definition) is 6. The van der Waals surface area contributed by atoms with Crippen LogP contribution in [0, 0.1) is 0 Å². The van der Waals surface area contributed by atoms with Gasteiger partial charge in [0, 0.05) is 11.8 Å². The second kappa shape index (κ2) is 5.51. The molecule has 1 aromatic rings. The molecule has 0 aromatic heterocycles. The Morgan fingerprint density at radius 1 is 1.35 bits per heavy atom. The van der Waals surface area contributed by atoms with Crippen LogP contribution in [-0.2, 0) is 14.6 Å². The zero-order valence-electron chi connectivity index (χ0n) is 11.9. The van der Waals surface area contributed by atoms with Gasteiger partial charge < -0.3 is 15.6 Å². The van der Waals surface area contributed by atoms with Crippen molar-refractivity contribution in [3.05, 3.63) is 29.3 Å². The summed E-state index contributed by atoms with van der Waals surface area (Å²) >= 11 is 0. The number of sulfone groups is 1. The summed E-state index contributed by atoms with van der Waals surface area (Å²) in [7, 11) is -3.63. The lowest BCUT2D eigenvalue weighted by molar-refractivity contribution is 0.00690. The van der Waals surface area contributed by atoms with Crippen LogP contribution in [0.1, 0.15) is 42.9 Å². The summed E-state index contributed by atoms with van der Waals surface area (Å²) in [4.78, 5) is 11.7. The highest BCUT2D eigenvalue weighted by molar-refractivity contribution is 7.90. The molecule has 6 nitrogen and oxygen atoms in total. The average Bonchev–Trinajstić information content (AvgIpc) is 2.24. The Morgan fingerprint density at radius 2 is 1.90 bits per heavy atom. The van der Waals surface area contributed by atoms with Crippen molar-refractivity contribution < 1.29 is 23.1 Å². The number of ether oxygens (including phenoxy) is 1. The zero-order valence-corrected chi connectivity index (χ0v) is 12.7. The van der Waals surface area contributed by atoms with Crippen LogP contribution in [0.2, 0.25) is 0 Å². The molecule has 0 radical (unpaired) electrons. The Kier molecular flexibility index (Phi) is 4.58. The highest BCUT2D eigenvalue weighted by Crippen LogP contribution is 2.23. The summed E-state index contributed by atoms with van der Waals surface area (Å²) in [6.07, 6.45) is -0.458. The second-order valence-corrected chi connectivity index (χ2v) is 7.46. The smallest absolute Gasteiger partial charge is 0.338 e. The third-order valence-electron chi connectivity index (χ3n) is 2.37. The third kappa shape index (κ3) is 4.29. The number of carbonyl (C=O) groups excluding carboxylic acids is 1. The molecule has 0 aliphatic heterocycles. The summed E-state index contributed by atoms with van der Waals surface area (Å²) in [6, 6.07) is 3.84. The van der Waals surface area contributed by atoms with Crippen LogP contribution in [0.3, 0.4) is 0 Å². The number of benzene rings is 1. The van der Waals surface area contributed by atoms with Crippen LogP contribution in [0.5, 0.6) is 0 Å². The minimum Gasteiger partial charge on any atom is -0.456 e. The Balaban J connectivity index is 3.31. The number of hydrogen-bond donors (Lipinski definition) is 2. The molecule has 1 aromatic carbocycles. The van der Waals surface area contributed by atoms with Crippen LogP contribution in [-0.4, -0.2) is 31.4 Å². The first-order chi connectivity index (χ1) is 8.92. The van der Waals surface area contributed by atoms with Gasteiger partial charge in [-0.25, -0.2) is 13.2 Å². The van der Waals surface area contributed by atoms with Crippen molar-refractivity contribution in [1.82, 2.24) is 0 Å². The van der Waals surface area contributed by atoms with Crippen molar-refractivity contribution in [3.8, 4) is 0 Å². The second-order valence-electron chi connectivity index (χ2n) is 5.47. The maximum absolute atomic E-state index is 11.9. The van der Waals surface area contributed by atoms with E-state index in [-0.39, 0.29) is 16.0 Å². The normalized spacial score (nSPS) is 13.9. The molecule has 0 saturated carbocycles. The average molecular weight is 301 g/mol. The summed E-state index contributed by atoms with van der Waals surface area (Å²) in [6.45, 7) is 5.13. The first kappa shape index (κ1) is 16.6. The van der Waals surface area contributed by atoms with Crippen LogP contribution >= 0.6 is 0 Å². The lowest BCUT2D eigenvalue weighted by atomic mass is 10.1. The van der Waals surface area contributed by atoms with E-state index in [1.165, 1.54) is 12.1 Å². The molecule has 0 fully saturated rings. The zero-order chi connectivity index (χ0) is 15.7. The molecule has 0 aliphatic rings. The van der Waals surface area contributed by atoms with Crippen molar-refractivity contribution in [3.63, 3.8) is 0 Å². The number of nitrogens with two attached hydrogens (primary N) is 1. The van der Waals surface area contributed by atoms with Crippen molar-refractivity contribution in [2.45, 2.75) is 37.5 Å². The van der Waals surface area contributed by atoms with Gasteiger partial charge in [0.25, 0.3) is 0 Å². The summed E-state index contributed by atoms with van der Waals surface area (Å²) in [5, 5.41) is 9.38. The molecule has 112 valence electrons. The molecule has 1 unspecified atom stereocenters. The van der Waals surface area contributed by atoms with Gasteiger partial charge in [-0.05, 0) is 32.9 Å². The molecular formula is C13H19NO5S. The van der Waals surface area contributed by atoms with Crippen molar-refractivity contribution in [1.29, 1.82) is 0 Å². The van der Waals surface area contributed by atoms with E-state index in [1.54, 1.807) is 20.8 Å². The fourth-order valence-corrected chi connectivity index (χ4v) is 2.52. The van der Waals surface area contributed by atoms with Crippen molar-refractivity contribution >= 4 is 15.8 Å².